The van der Waals surface area contributed by atoms with E-state index in [2.05, 4.69) is 22.4 Å². The van der Waals surface area contributed by atoms with Crippen LogP contribution in [0.4, 0.5) is 0 Å². The number of H-pyrrole nitrogens is 1. The van der Waals surface area contributed by atoms with Crippen molar-refractivity contribution in [3.63, 3.8) is 0 Å². The molecule has 1 heterocycles. The Labute approximate surface area is 141 Å². The molecule has 0 bridgehead atoms. The zero-order valence-electron chi connectivity index (χ0n) is 13.7. The van der Waals surface area contributed by atoms with Crippen molar-refractivity contribution in [3.05, 3.63) is 78.0 Å². The molecule has 0 unspecified atom stereocenters. The van der Waals surface area contributed by atoms with Gasteiger partial charge in [0.1, 0.15) is 11.8 Å². The van der Waals surface area contributed by atoms with E-state index in [0.717, 1.165) is 22.0 Å². The van der Waals surface area contributed by atoms with Gasteiger partial charge < -0.3 is 9.72 Å². The molecule has 0 aliphatic heterocycles. The zero-order valence-corrected chi connectivity index (χ0v) is 13.7. The van der Waals surface area contributed by atoms with Crippen molar-refractivity contribution in [1.82, 2.24) is 4.98 Å². The number of aryl methyl sites for hydroxylation is 1. The molecule has 0 atom stereocenters. The highest BCUT2D eigenvalue weighted by atomic mass is 16.5. The number of nitrogens with one attached hydrogen (secondary N) is 1. The van der Waals surface area contributed by atoms with Gasteiger partial charge in [-0.25, -0.2) is 4.79 Å². The van der Waals surface area contributed by atoms with E-state index in [0.29, 0.717) is 11.3 Å². The van der Waals surface area contributed by atoms with Crippen molar-refractivity contribution in [1.29, 1.82) is 5.26 Å². The number of ether oxygens (including phenoxy) is 1. The van der Waals surface area contributed by atoms with Crippen LogP contribution in [0.3, 0.4) is 0 Å². The van der Waals surface area contributed by atoms with Crippen LogP contribution in [0.25, 0.3) is 16.5 Å². The minimum atomic E-state index is -0.380. The molecule has 0 aliphatic rings. The summed E-state index contributed by atoms with van der Waals surface area (Å²) in [6.45, 7) is 5.62. The predicted octanol–water partition coefficient (Wildman–Crippen LogP) is 4.22. The second-order valence-electron chi connectivity index (χ2n) is 5.17. The van der Waals surface area contributed by atoms with E-state index < -0.39 is 0 Å². The van der Waals surface area contributed by atoms with Crippen molar-refractivity contribution >= 4 is 22.4 Å². The fourth-order valence-corrected chi connectivity index (χ4v) is 2.28. The second kappa shape index (κ2) is 7.80. The molecular formula is C20H18N2O2. The summed E-state index contributed by atoms with van der Waals surface area (Å²) < 4.78 is 4.58. The van der Waals surface area contributed by atoms with Crippen molar-refractivity contribution in [2.75, 3.05) is 7.11 Å². The van der Waals surface area contributed by atoms with Gasteiger partial charge in [0.15, 0.2) is 0 Å². The van der Waals surface area contributed by atoms with Crippen molar-refractivity contribution in [2.24, 2.45) is 0 Å². The minimum absolute atomic E-state index is 0.380. The third-order valence-electron chi connectivity index (χ3n) is 3.55. The topological polar surface area (TPSA) is 65.9 Å². The minimum Gasteiger partial charge on any atom is -0.465 e. The molecule has 3 rings (SSSR count). The molecule has 24 heavy (non-hydrogen) atoms. The second-order valence-corrected chi connectivity index (χ2v) is 5.17. The van der Waals surface area contributed by atoms with Gasteiger partial charge in [0, 0.05) is 10.9 Å². The Morgan fingerprint density at radius 1 is 1.17 bits per heavy atom. The first-order valence-corrected chi connectivity index (χ1v) is 7.38. The SMILES string of the molecule is C=C(C(=O)OC)c1ccccc1C.N#Cc1cc2ccccc2[nH]1. The van der Waals surface area contributed by atoms with Crippen LogP contribution in [-0.2, 0) is 9.53 Å². The molecule has 4 heteroatoms. The molecule has 120 valence electrons. The number of hydrogen-bond donors (Lipinski definition) is 1. The summed E-state index contributed by atoms with van der Waals surface area (Å²) in [6, 6.07) is 19.3. The van der Waals surface area contributed by atoms with Gasteiger partial charge in [-0.3, -0.25) is 0 Å². The van der Waals surface area contributed by atoms with Gasteiger partial charge in [-0.1, -0.05) is 49.0 Å². The maximum atomic E-state index is 11.1. The number of aromatic amines is 1. The Balaban J connectivity index is 0.000000175. The highest BCUT2D eigenvalue weighted by molar-refractivity contribution is 6.15. The van der Waals surface area contributed by atoms with E-state index in [9.17, 15) is 4.79 Å². The third-order valence-corrected chi connectivity index (χ3v) is 3.55. The fraction of sp³-hybridized carbons (Fsp3) is 0.100. The lowest BCUT2D eigenvalue weighted by atomic mass is 10.0. The number of aromatic nitrogens is 1. The molecule has 0 fully saturated rings. The molecule has 4 nitrogen and oxygen atoms in total. The Morgan fingerprint density at radius 3 is 2.46 bits per heavy atom. The van der Waals surface area contributed by atoms with Crippen LogP contribution in [0, 0.1) is 18.3 Å². The lowest BCUT2D eigenvalue weighted by Crippen LogP contribution is -2.03. The lowest BCUT2D eigenvalue weighted by Gasteiger charge is -2.06. The predicted molar refractivity (Wildman–Crippen MR) is 95.2 cm³/mol. The number of rotatable bonds is 2. The summed E-state index contributed by atoms with van der Waals surface area (Å²) in [7, 11) is 1.35. The number of esters is 1. The van der Waals surface area contributed by atoms with E-state index in [1.165, 1.54) is 7.11 Å². The maximum absolute atomic E-state index is 11.1. The van der Waals surface area contributed by atoms with Gasteiger partial charge >= 0.3 is 5.97 Å². The third kappa shape index (κ3) is 3.90. The van der Waals surface area contributed by atoms with E-state index in [1.54, 1.807) is 0 Å². The average molecular weight is 318 g/mol. The Kier molecular flexibility index (Phi) is 5.54. The smallest absolute Gasteiger partial charge is 0.337 e. The Bertz CT molecular complexity index is 884. The van der Waals surface area contributed by atoms with Crippen LogP contribution < -0.4 is 0 Å². The molecule has 0 aliphatic carbocycles. The van der Waals surface area contributed by atoms with Gasteiger partial charge in [0.2, 0.25) is 0 Å². The van der Waals surface area contributed by atoms with Crippen LogP contribution in [0.1, 0.15) is 16.8 Å². The molecule has 0 spiro atoms. The molecule has 0 saturated carbocycles. The van der Waals surface area contributed by atoms with E-state index in [1.807, 2.05) is 61.5 Å². The highest BCUT2D eigenvalue weighted by Crippen LogP contribution is 2.17. The summed E-state index contributed by atoms with van der Waals surface area (Å²) >= 11 is 0. The highest BCUT2D eigenvalue weighted by Gasteiger charge is 2.10. The summed E-state index contributed by atoms with van der Waals surface area (Å²) in [6.07, 6.45) is 0. The molecule has 1 N–H and O–H groups in total. The molecular weight excluding hydrogens is 300 g/mol. The maximum Gasteiger partial charge on any atom is 0.337 e. The molecule has 2 aromatic carbocycles. The van der Waals surface area contributed by atoms with Crippen LogP contribution in [0.2, 0.25) is 0 Å². The number of benzene rings is 2. The number of carbonyl (C=O) groups excluding carboxylic acids is 1. The fourth-order valence-electron chi connectivity index (χ4n) is 2.28. The van der Waals surface area contributed by atoms with E-state index in [4.69, 9.17) is 5.26 Å². The summed E-state index contributed by atoms with van der Waals surface area (Å²) in [5.74, 6) is -0.380. The van der Waals surface area contributed by atoms with Crippen molar-refractivity contribution < 1.29 is 9.53 Å². The Hall–Kier alpha value is -3.32. The average Bonchev–Trinajstić information content (AvgIpc) is 3.04. The lowest BCUT2D eigenvalue weighted by molar-refractivity contribution is -0.133. The largest absolute Gasteiger partial charge is 0.465 e. The quantitative estimate of drug-likeness (QED) is 0.568. The van der Waals surface area contributed by atoms with Crippen molar-refractivity contribution in [2.45, 2.75) is 6.92 Å². The van der Waals surface area contributed by atoms with Gasteiger partial charge in [-0.15, -0.1) is 0 Å². The first-order chi connectivity index (χ1) is 11.6. The van der Waals surface area contributed by atoms with Gasteiger partial charge in [-0.05, 0) is 30.2 Å². The number of methoxy groups -OCH3 is 1. The zero-order chi connectivity index (χ0) is 17.5. The molecule has 0 amide bonds. The molecule has 0 radical (unpaired) electrons. The van der Waals surface area contributed by atoms with Crippen LogP contribution >= 0.6 is 0 Å². The van der Waals surface area contributed by atoms with Crippen LogP contribution in [0.5, 0.6) is 0 Å². The van der Waals surface area contributed by atoms with Gasteiger partial charge in [0.05, 0.1) is 12.7 Å². The summed E-state index contributed by atoms with van der Waals surface area (Å²) in [5, 5.41) is 9.64. The normalized spacial score (nSPS) is 9.54. The van der Waals surface area contributed by atoms with Crippen molar-refractivity contribution in [3.8, 4) is 6.07 Å². The van der Waals surface area contributed by atoms with Crippen LogP contribution in [-0.4, -0.2) is 18.1 Å². The van der Waals surface area contributed by atoms with E-state index in [-0.39, 0.29) is 5.97 Å². The standard InChI is InChI=1S/C11H12O2.C9H6N2/c1-8-6-4-5-7-10(8)9(2)11(12)13-3;10-6-8-5-7-3-1-2-4-9(7)11-8/h4-7H,2H2,1,3H3;1-5,11H. The number of carbonyl (C=O) groups is 1. The Morgan fingerprint density at radius 2 is 1.83 bits per heavy atom. The molecule has 0 saturated heterocycles. The van der Waals surface area contributed by atoms with Gasteiger partial charge in [-0.2, -0.15) is 5.26 Å². The number of fused-ring (bicyclic) bond motifs is 1. The summed E-state index contributed by atoms with van der Waals surface area (Å²) in [5.41, 5.74) is 3.91. The number of hydrogen-bond acceptors (Lipinski definition) is 3. The number of nitrogens with zero attached hydrogens (tertiary/aromatic N) is 1. The van der Waals surface area contributed by atoms with E-state index >= 15 is 0 Å². The van der Waals surface area contributed by atoms with Crippen LogP contribution in [0.15, 0.2) is 61.2 Å². The first kappa shape index (κ1) is 17.0. The monoisotopic (exact) mass is 318 g/mol. The summed E-state index contributed by atoms with van der Waals surface area (Å²) in [4.78, 5) is 14.1. The number of para-hydroxylation sites is 1. The molecule has 1 aromatic heterocycles. The first-order valence-electron chi connectivity index (χ1n) is 7.38. The van der Waals surface area contributed by atoms with Gasteiger partial charge in [0.25, 0.3) is 0 Å². The molecule has 3 aromatic rings. The number of nitriles is 1.